The van der Waals surface area contributed by atoms with Crippen LogP contribution in [0.4, 0.5) is 5.69 Å². The van der Waals surface area contributed by atoms with Gasteiger partial charge in [-0.15, -0.1) is 0 Å². The molecule has 33 heavy (non-hydrogen) atoms. The van der Waals surface area contributed by atoms with Gasteiger partial charge in [-0.05, 0) is 30.7 Å². The summed E-state index contributed by atoms with van der Waals surface area (Å²) in [6.45, 7) is 9.91. The maximum atomic E-state index is 11.4. The van der Waals surface area contributed by atoms with Crippen molar-refractivity contribution in [1.82, 2.24) is 10.3 Å². The van der Waals surface area contributed by atoms with Crippen molar-refractivity contribution in [2.75, 3.05) is 25.9 Å². The number of hydrazone groups is 1. The van der Waals surface area contributed by atoms with Gasteiger partial charge in [0.15, 0.2) is 0 Å². The first kappa shape index (κ1) is 26.7. The number of allylic oxidation sites excluding steroid dienone is 2. The Kier molecular flexibility index (Phi) is 10.7. The standard InChI is InChI=1S/C23H32N8O2/c1-5-16(10-24)7-6-15(2)30-11-18(25)13-31(29-4)14-22(27)19-8-17(23(32)33)9-21(26)20(19)12-28-3/h5-9,11-12,14,30H,2,4,10,13,24-27H2,1,3H3,(H,32,33)/b7-6-,16-5+,18-11-,22-14-,28-12?. The maximum absolute atomic E-state index is 11.4. The van der Waals surface area contributed by atoms with Gasteiger partial charge in [0.2, 0.25) is 0 Å². The van der Waals surface area contributed by atoms with E-state index in [0.29, 0.717) is 29.1 Å². The number of nitrogens with two attached hydrogens (primary N) is 4. The molecule has 1 aromatic carbocycles. The summed E-state index contributed by atoms with van der Waals surface area (Å²) in [6.07, 6.45) is 10.1. The van der Waals surface area contributed by atoms with Gasteiger partial charge in [0, 0.05) is 67.1 Å². The van der Waals surface area contributed by atoms with E-state index in [9.17, 15) is 9.90 Å². The number of nitrogens with one attached hydrogen (secondary N) is 1. The average Bonchev–Trinajstić information content (AvgIpc) is 2.78. The zero-order valence-electron chi connectivity index (χ0n) is 19.0. The summed E-state index contributed by atoms with van der Waals surface area (Å²) in [7, 11) is 1.57. The van der Waals surface area contributed by atoms with Crippen molar-refractivity contribution >= 4 is 30.3 Å². The average molecular weight is 453 g/mol. The molecule has 0 radical (unpaired) electrons. The lowest BCUT2D eigenvalue weighted by molar-refractivity contribution is 0.0697. The Bertz CT molecular complexity index is 1040. The minimum absolute atomic E-state index is 0.00361. The molecule has 10 N–H and O–H groups in total. The molecule has 0 heterocycles. The van der Waals surface area contributed by atoms with E-state index in [1.807, 2.05) is 19.1 Å². The van der Waals surface area contributed by atoms with Crippen LogP contribution >= 0.6 is 0 Å². The molecule has 1 aromatic rings. The molecule has 0 atom stereocenters. The Morgan fingerprint density at radius 1 is 1.30 bits per heavy atom. The van der Waals surface area contributed by atoms with Crippen molar-refractivity contribution in [3.63, 3.8) is 0 Å². The molecule has 10 nitrogen and oxygen atoms in total. The van der Waals surface area contributed by atoms with Crippen molar-refractivity contribution in [3.8, 4) is 0 Å². The number of aromatic carboxylic acids is 1. The van der Waals surface area contributed by atoms with E-state index in [0.717, 1.165) is 5.57 Å². The van der Waals surface area contributed by atoms with Crippen LogP contribution in [0.2, 0.25) is 0 Å². The predicted molar refractivity (Wildman–Crippen MR) is 136 cm³/mol. The molecule has 0 aromatic heterocycles. The number of aliphatic imine (C=N–C) groups is 1. The molecular formula is C23H32N8O2. The van der Waals surface area contributed by atoms with E-state index in [4.69, 9.17) is 22.9 Å². The van der Waals surface area contributed by atoms with Crippen LogP contribution in [0.3, 0.4) is 0 Å². The SMILES string of the molecule is C=NN(/C=C(\N)c1cc(C(=O)O)cc(N)c1C=NC)C/C(N)=C/NC(=C)/C=C\C(=C/C)CN. The van der Waals surface area contributed by atoms with E-state index in [1.54, 1.807) is 19.3 Å². The van der Waals surface area contributed by atoms with Gasteiger partial charge in [-0.25, -0.2) is 4.79 Å². The van der Waals surface area contributed by atoms with Crippen LogP contribution in [-0.2, 0) is 0 Å². The van der Waals surface area contributed by atoms with Gasteiger partial charge in [-0.2, -0.15) is 5.10 Å². The summed E-state index contributed by atoms with van der Waals surface area (Å²) in [5.74, 6) is -1.13. The second-order valence-electron chi connectivity index (χ2n) is 6.83. The van der Waals surface area contributed by atoms with Gasteiger partial charge >= 0.3 is 5.97 Å². The number of carboxylic acids is 1. The maximum Gasteiger partial charge on any atom is 0.335 e. The summed E-state index contributed by atoms with van der Waals surface area (Å²) >= 11 is 0. The lowest BCUT2D eigenvalue weighted by Crippen LogP contribution is -2.21. The molecule has 0 aliphatic rings. The highest BCUT2D eigenvalue weighted by molar-refractivity contribution is 5.98. The number of carbonyl (C=O) groups is 1. The molecule has 0 amide bonds. The Hall–Kier alpha value is -4.31. The quantitative estimate of drug-likeness (QED) is 0.119. The van der Waals surface area contributed by atoms with E-state index in [1.165, 1.54) is 29.6 Å². The van der Waals surface area contributed by atoms with Crippen LogP contribution in [0.1, 0.15) is 28.4 Å². The molecule has 0 unspecified atom stereocenters. The number of nitrogen functional groups attached to an aromatic ring is 1. The minimum Gasteiger partial charge on any atom is -0.478 e. The molecule has 0 saturated heterocycles. The topological polar surface area (TPSA) is 181 Å². The van der Waals surface area contributed by atoms with E-state index in [-0.39, 0.29) is 23.5 Å². The van der Waals surface area contributed by atoms with Crippen LogP contribution in [0.5, 0.6) is 0 Å². The largest absolute Gasteiger partial charge is 0.478 e. The summed E-state index contributed by atoms with van der Waals surface area (Å²) in [5.41, 5.74) is 27.3. The smallest absolute Gasteiger partial charge is 0.335 e. The normalized spacial score (nSPS) is 12.9. The van der Waals surface area contributed by atoms with Crippen LogP contribution in [0.25, 0.3) is 5.70 Å². The number of anilines is 1. The highest BCUT2D eigenvalue weighted by Gasteiger charge is 2.14. The van der Waals surface area contributed by atoms with Crippen molar-refractivity contribution in [3.05, 3.63) is 83.0 Å². The van der Waals surface area contributed by atoms with Crippen molar-refractivity contribution in [2.24, 2.45) is 27.3 Å². The Morgan fingerprint density at radius 3 is 2.55 bits per heavy atom. The molecule has 0 spiro atoms. The molecule has 10 heteroatoms. The zero-order chi connectivity index (χ0) is 25.0. The molecule has 0 aliphatic carbocycles. The first-order valence-corrected chi connectivity index (χ1v) is 9.89. The van der Waals surface area contributed by atoms with Crippen LogP contribution < -0.4 is 28.3 Å². The number of benzene rings is 1. The first-order chi connectivity index (χ1) is 15.7. The van der Waals surface area contributed by atoms with Gasteiger partial charge in [0.25, 0.3) is 0 Å². The van der Waals surface area contributed by atoms with Crippen LogP contribution in [-0.4, -0.2) is 49.2 Å². The lowest BCUT2D eigenvalue weighted by Gasteiger charge is -2.17. The second kappa shape index (κ2) is 13.2. The van der Waals surface area contributed by atoms with E-state index < -0.39 is 5.97 Å². The predicted octanol–water partition coefficient (Wildman–Crippen LogP) is 1.56. The highest BCUT2D eigenvalue weighted by atomic mass is 16.4. The lowest BCUT2D eigenvalue weighted by atomic mass is 10.00. The molecule has 0 fully saturated rings. The molecule has 0 bridgehead atoms. The fourth-order valence-electron chi connectivity index (χ4n) is 2.63. The number of nitrogens with zero attached hydrogens (tertiary/aromatic N) is 3. The van der Waals surface area contributed by atoms with Crippen molar-refractivity contribution < 1.29 is 9.90 Å². The number of rotatable bonds is 12. The monoisotopic (exact) mass is 452 g/mol. The fourth-order valence-corrected chi connectivity index (χ4v) is 2.63. The summed E-state index contributed by atoms with van der Waals surface area (Å²) in [6, 6.07) is 2.76. The molecule has 1 rings (SSSR count). The van der Waals surface area contributed by atoms with Crippen molar-refractivity contribution in [2.45, 2.75) is 6.92 Å². The minimum atomic E-state index is -1.13. The number of carboxylic acid groups (broad SMARTS) is 1. The van der Waals surface area contributed by atoms with Gasteiger partial charge < -0.3 is 33.4 Å². The fraction of sp³-hybridized carbons (Fsp3) is 0.174. The number of hydrogen-bond donors (Lipinski definition) is 6. The summed E-state index contributed by atoms with van der Waals surface area (Å²) < 4.78 is 0. The Balaban J connectivity index is 3.08. The summed E-state index contributed by atoms with van der Waals surface area (Å²) in [4.78, 5) is 15.4. The third-order valence-electron chi connectivity index (χ3n) is 4.39. The van der Waals surface area contributed by atoms with E-state index in [2.05, 4.69) is 28.7 Å². The summed E-state index contributed by atoms with van der Waals surface area (Å²) in [5, 5.41) is 17.6. The third kappa shape index (κ3) is 8.38. The van der Waals surface area contributed by atoms with Gasteiger partial charge in [0.1, 0.15) is 0 Å². The molecule has 0 aliphatic heterocycles. The Morgan fingerprint density at radius 2 is 2.00 bits per heavy atom. The van der Waals surface area contributed by atoms with Crippen LogP contribution in [0.15, 0.2) is 76.4 Å². The third-order valence-corrected chi connectivity index (χ3v) is 4.39. The molecule has 0 saturated carbocycles. The van der Waals surface area contributed by atoms with Crippen LogP contribution in [0, 0.1) is 0 Å². The van der Waals surface area contributed by atoms with Gasteiger partial charge in [0.05, 0.1) is 17.8 Å². The second-order valence-corrected chi connectivity index (χ2v) is 6.83. The Labute approximate surface area is 194 Å². The molecule has 176 valence electrons. The number of hydrogen-bond acceptors (Lipinski definition) is 9. The highest BCUT2D eigenvalue weighted by Crippen LogP contribution is 2.23. The van der Waals surface area contributed by atoms with Crippen molar-refractivity contribution in [1.29, 1.82) is 0 Å². The molecular weight excluding hydrogens is 420 g/mol. The zero-order valence-corrected chi connectivity index (χ0v) is 19.0. The van der Waals surface area contributed by atoms with Gasteiger partial charge in [-0.1, -0.05) is 18.7 Å². The van der Waals surface area contributed by atoms with E-state index >= 15 is 0 Å². The van der Waals surface area contributed by atoms with Gasteiger partial charge in [-0.3, -0.25) is 10.0 Å². The first-order valence-electron chi connectivity index (χ1n) is 9.89.